The first-order valence-corrected chi connectivity index (χ1v) is 11.8. The van der Waals surface area contributed by atoms with Crippen molar-refractivity contribution >= 4 is 15.9 Å². The van der Waals surface area contributed by atoms with Gasteiger partial charge in [0.25, 0.3) is 10.0 Å². The Labute approximate surface area is 161 Å². The van der Waals surface area contributed by atoms with E-state index in [4.69, 9.17) is 0 Å². The molecule has 4 fully saturated rings. The second-order valence-electron chi connectivity index (χ2n) is 9.53. The van der Waals surface area contributed by atoms with Gasteiger partial charge < -0.3 is 0 Å². The molecule has 6 heteroatoms. The molecule has 27 heavy (non-hydrogen) atoms. The van der Waals surface area contributed by atoms with Crippen molar-refractivity contribution in [3.63, 3.8) is 0 Å². The number of hydrogen-bond donors (Lipinski definition) is 2. The van der Waals surface area contributed by atoms with Crippen LogP contribution in [-0.2, 0) is 27.7 Å². The minimum absolute atomic E-state index is 0.109. The molecule has 0 aliphatic heterocycles. The van der Waals surface area contributed by atoms with E-state index in [-0.39, 0.29) is 16.2 Å². The van der Waals surface area contributed by atoms with Crippen LogP contribution in [0.25, 0.3) is 0 Å². The summed E-state index contributed by atoms with van der Waals surface area (Å²) >= 11 is 0. The molecular formula is C21H28N2O3S. The van der Waals surface area contributed by atoms with Crippen LogP contribution < -0.4 is 10.3 Å². The lowest BCUT2D eigenvalue weighted by Crippen LogP contribution is -2.50. The van der Waals surface area contributed by atoms with Crippen LogP contribution in [-0.4, -0.2) is 14.3 Å². The van der Waals surface area contributed by atoms with Gasteiger partial charge in [-0.25, -0.2) is 8.42 Å². The maximum absolute atomic E-state index is 12.6. The van der Waals surface area contributed by atoms with E-state index in [1.807, 2.05) is 6.07 Å². The summed E-state index contributed by atoms with van der Waals surface area (Å²) in [5.41, 5.74) is 4.94. The van der Waals surface area contributed by atoms with Crippen LogP contribution in [0.3, 0.4) is 0 Å². The van der Waals surface area contributed by atoms with E-state index in [2.05, 4.69) is 10.3 Å². The molecule has 0 spiro atoms. The van der Waals surface area contributed by atoms with E-state index in [1.54, 1.807) is 12.1 Å². The highest BCUT2D eigenvalue weighted by Crippen LogP contribution is 2.61. The van der Waals surface area contributed by atoms with Crippen molar-refractivity contribution in [3.05, 3.63) is 29.3 Å². The highest BCUT2D eigenvalue weighted by Gasteiger charge is 2.51. The van der Waals surface area contributed by atoms with E-state index < -0.39 is 10.0 Å². The van der Waals surface area contributed by atoms with Gasteiger partial charge in [0.15, 0.2) is 0 Å². The van der Waals surface area contributed by atoms with Gasteiger partial charge in [-0.15, -0.1) is 4.83 Å². The maximum Gasteiger partial charge on any atom is 0.257 e. The molecule has 146 valence electrons. The highest BCUT2D eigenvalue weighted by molar-refractivity contribution is 7.89. The van der Waals surface area contributed by atoms with Crippen molar-refractivity contribution in [1.82, 2.24) is 10.3 Å². The number of hydrazine groups is 1. The minimum atomic E-state index is -3.72. The normalized spacial score (nSPS) is 33.9. The third-order valence-corrected chi connectivity index (χ3v) is 8.65. The number of amides is 1. The van der Waals surface area contributed by atoms with Crippen LogP contribution in [0, 0.1) is 23.2 Å². The van der Waals surface area contributed by atoms with Gasteiger partial charge >= 0.3 is 0 Å². The molecule has 0 atom stereocenters. The molecule has 2 N–H and O–H groups in total. The number of nitrogens with one attached hydrogen (secondary N) is 2. The monoisotopic (exact) mass is 388 g/mol. The third kappa shape index (κ3) is 3.31. The first-order valence-electron chi connectivity index (χ1n) is 10.3. The molecule has 1 aromatic rings. The summed E-state index contributed by atoms with van der Waals surface area (Å²) in [5.74, 6) is 2.16. The summed E-state index contributed by atoms with van der Waals surface area (Å²) in [7, 11) is -3.72. The second kappa shape index (κ2) is 6.31. The molecule has 1 aromatic carbocycles. The fraction of sp³-hybridized carbons (Fsp3) is 0.667. The van der Waals surface area contributed by atoms with Crippen molar-refractivity contribution in [2.45, 2.75) is 69.1 Å². The Balaban J connectivity index is 1.23. The number of rotatable bonds is 5. The van der Waals surface area contributed by atoms with E-state index >= 15 is 0 Å². The maximum atomic E-state index is 12.6. The molecule has 1 amide bonds. The molecule has 5 aliphatic carbocycles. The number of fused-ring (bicyclic) bond motifs is 1. The predicted octanol–water partition coefficient (Wildman–Crippen LogP) is 3.09. The molecule has 5 aliphatic rings. The Morgan fingerprint density at radius 2 is 1.63 bits per heavy atom. The highest BCUT2D eigenvalue weighted by atomic mass is 32.2. The predicted molar refractivity (Wildman–Crippen MR) is 102 cm³/mol. The molecule has 6 rings (SSSR count). The molecule has 0 heterocycles. The van der Waals surface area contributed by atoms with Crippen LogP contribution in [0.4, 0.5) is 0 Å². The molecule has 4 bridgehead atoms. The van der Waals surface area contributed by atoms with Gasteiger partial charge in [-0.3, -0.25) is 10.2 Å². The molecule has 0 radical (unpaired) electrons. The largest absolute Gasteiger partial charge is 0.278 e. The molecule has 5 nitrogen and oxygen atoms in total. The smallest absolute Gasteiger partial charge is 0.257 e. The molecule has 0 saturated heterocycles. The SMILES string of the molecule is O=C(CC12CC3CC(CC(C3)C1)C2)NNS(=O)(=O)c1ccc2c(c1)CCC2. The van der Waals surface area contributed by atoms with Crippen molar-refractivity contribution in [2.24, 2.45) is 23.2 Å². The van der Waals surface area contributed by atoms with E-state index in [0.717, 1.165) is 61.8 Å². The zero-order chi connectivity index (χ0) is 18.6. The van der Waals surface area contributed by atoms with Gasteiger partial charge in [0.2, 0.25) is 5.91 Å². The third-order valence-electron chi connectivity index (χ3n) is 7.41. The Bertz CT molecular complexity index is 842. The fourth-order valence-corrected chi connectivity index (χ4v) is 7.70. The van der Waals surface area contributed by atoms with Crippen LogP contribution in [0.15, 0.2) is 23.1 Å². The first-order chi connectivity index (χ1) is 12.9. The van der Waals surface area contributed by atoms with Crippen molar-refractivity contribution in [1.29, 1.82) is 0 Å². The number of aryl methyl sites for hydroxylation is 2. The second-order valence-corrected chi connectivity index (χ2v) is 11.2. The average Bonchev–Trinajstić information content (AvgIpc) is 3.06. The summed E-state index contributed by atoms with van der Waals surface area (Å²) in [6.07, 6.45) is 10.9. The number of sulfonamides is 1. The Kier molecular flexibility index (Phi) is 4.13. The summed E-state index contributed by atoms with van der Waals surface area (Å²) in [6.45, 7) is 0. The average molecular weight is 389 g/mol. The van der Waals surface area contributed by atoms with Gasteiger partial charge in [-0.2, -0.15) is 0 Å². The van der Waals surface area contributed by atoms with Gasteiger partial charge in [0.05, 0.1) is 4.90 Å². The zero-order valence-corrected chi connectivity index (χ0v) is 16.5. The van der Waals surface area contributed by atoms with Crippen LogP contribution >= 0.6 is 0 Å². The Hall–Kier alpha value is -1.40. The Morgan fingerprint density at radius 1 is 1.00 bits per heavy atom. The number of carbonyl (C=O) groups excluding carboxylic acids is 1. The molecule has 0 unspecified atom stereocenters. The quantitative estimate of drug-likeness (QED) is 0.761. The lowest BCUT2D eigenvalue weighted by molar-refractivity contribution is -0.129. The van der Waals surface area contributed by atoms with Crippen molar-refractivity contribution in [2.75, 3.05) is 0 Å². The summed E-state index contributed by atoms with van der Waals surface area (Å²) in [5, 5.41) is 0. The summed E-state index contributed by atoms with van der Waals surface area (Å²) in [6, 6.07) is 5.28. The van der Waals surface area contributed by atoms with Crippen molar-refractivity contribution in [3.8, 4) is 0 Å². The molecular weight excluding hydrogens is 360 g/mol. The Morgan fingerprint density at radius 3 is 2.30 bits per heavy atom. The van der Waals surface area contributed by atoms with Gasteiger partial charge in [0, 0.05) is 6.42 Å². The van der Waals surface area contributed by atoms with E-state index in [9.17, 15) is 13.2 Å². The van der Waals surface area contributed by atoms with Gasteiger partial charge in [0.1, 0.15) is 0 Å². The molecule has 4 saturated carbocycles. The van der Waals surface area contributed by atoms with Crippen LogP contribution in [0.1, 0.15) is 62.5 Å². The van der Waals surface area contributed by atoms with Gasteiger partial charge in [-0.05, 0) is 104 Å². The van der Waals surface area contributed by atoms with Gasteiger partial charge in [-0.1, -0.05) is 6.07 Å². The zero-order valence-electron chi connectivity index (χ0n) is 15.7. The lowest BCUT2D eigenvalue weighted by Gasteiger charge is -2.56. The number of hydrogen-bond acceptors (Lipinski definition) is 3. The van der Waals surface area contributed by atoms with E-state index in [0.29, 0.717) is 6.42 Å². The lowest BCUT2D eigenvalue weighted by atomic mass is 9.49. The first kappa shape index (κ1) is 17.7. The number of benzene rings is 1. The van der Waals surface area contributed by atoms with Crippen LogP contribution in [0.2, 0.25) is 0 Å². The summed E-state index contributed by atoms with van der Waals surface area (Å²) < 4.78 is 25.1. The number of carbonyl (C=O) groups is 1. The molecule has 0 aromatic heterocycles. The van der Waals surface area contributed by atoms with E-state index in [1.165, 1.54) is 24.8 Å². The van der Waals surface area contributed by atoms with Crippen molar-refractivity contribution < 1.29 is 13.2 Å². The van der Waals surface area contributed by atoms with Crippen LogP contribution in [0.5, 0.6) is 0 Å². The standard InChI is InChI=1S/C21H28N2O3S/c24-20(13-21-10-14-6-15(11-21)8-16(7-14)12-21)22-23-27(25,26)19-5-4-17-2-1-3-18(17)9-19/h4-5,9,14-16,23H,1-3,6-8,10-13H2,(H,22,24). The summed E-state index contributed by atoms with van der Waals surface area (Å²) in [4.78, 5) is 15.1. The minimum Gasteiger partial charge on any atom is -0.278 e. The topological polar surface area (TPSA) is 75.3 Å². The fourth-order valence-electron chi connectivity index (χ4n) is 6.79.